The molecule has 14 heavy (non-hydrogen) atoms. The molecule has 1 aromatic rings. The van der Waals surface area contributed by atoms with Gasteiger partial charge in [0.05, 0.1) is 6.61 Å². The predicted octanol–water partition coefficient (Wildman–Crippen LogP) is -0.405. The standard InChI is InChI=1S/C7H11NO4S2/c1-7(10,4-9)5-2-6(13-3-5)14(8,11)12/h2-3,9-10H,4H2,1H3,(H2,8,11,12)/t7-/m0/s1. The van der Waals surface area contributed by atoms with Crippen molar-refractivity contribution in [2.45, 2.75) is 16.7 Å². The second-order valence-corrected chi connectivity index (χ2v) is 5.83. The average molecular weight is 237 g/mol. The monoisotopic (exact) mass is 237 g/mol. The molecule has 1 aromatic heterocycles. The Bertz CT molecular complexity index is 421. The summed E-state index contributed by atoms with van der Waals surface area (Å²) in [4.78, 5) is 0. The molecule has 7 heteroatoms. The summed E-state index contributed by atoms with van der Waals surface area (Å²) in [6, 6.07) is 1.26. The van der Waals surface area contributed by atoms with E-state index in [-0.39, 0.29) is 4.21 Å². The predicted molar refractivity (Wildman–Crippen MR) is 52.3 cm³/mol. The quantitative estimate of drug-likeness (QED) is 0.665. The fourth-order valence-corrected chi connectivity index (χ4v) is 2.57. The first kappa shape index (κ1) is 11.6. The number of nitrogens with two attached hydrogens (primary N) is 1. The van der Waals surface area contributed by atoms with Crippen molar-refractivity contribution in [2.75, 3.05) is 6.61 Å². The van der Waals surface area contributed by atoms with Gasteiger partial charge in [0.2, 0.25) is 10.0 Å². The molecule has 0 aromatic carbocycles. The number of aliphatic hydroxyl groups is 2. The van der Waals surface area contributed by atoms with E-state index < -0.39 is 22.2 Å². The van der Waals surface area contributed by atoms with Gasteiger partial charge in [0.15, 0.2) is 0 Å². The first-order valence-electron chi connectivity index (χ1n) is 3.72. The number of sulfonamides is 1. The second-order valence-electron chi connectivity index (χ2n) is 3.13. The highest BCUT2D eigenvalue weighted by atomic mass is 32.2. The SMILES string of the molecule is C[C@](O)(CO)c1csc(S(N)(=O)=O)c1. The van der Waals surface area contributed by atoms with Crippen molar-refractivity contribution in [3.63, 3.8) is 0 Å². The van der Waals surface area contributed by atoms with Crippen LogP contribution in [0.3, 0.4) is 0 Å². The van der Waals surface area contributed by atoms with Crippen LogP contribution in [0, 0.1) is 0 Å². The molecule has 0 bridgehead atoms. The summed E-state index contributed by atoms with van der Waals surface area (Å²) in [6.07, 6.45) is 0. The zero-order valence-electron chi connectivity index (χ0n) is 7.47. The minimum absolute atomic E-state index is 0.0266. The fourth-order valence-electron chi connectivity index (χ4n) is 0.839. The number of hydrogen-bond acceptors (Lipinski definition) is 5. The molecule has 4 N–H and O–H groups in total. The zero-order chi connectivity index (χ0) is 11.0. The van der Waals surface area contributed by atoms with E-state index >= 15 is 0 Å². The minimum Gasteiger partial charge on any atom is -0.393 e. The maximum absolute atomic E-state index is 10.9. The molecule has 1 atom stereocenters. The van der Waals surface area contributed by atoms with Crippen molar-refractivity contribution < 1.29 is 18.6 Å². The first-order chi connectivity index (χ1) is 6.27. The van der Waals surface area contributed by atoms with E-state index in [0.29, 0.717) is 5.56 Å². The third kappa shape index (κ3) is 2.31. The lowest BCUT2D eigenvalue weighted by atomic mass is 10.0. The van der Waals surface area contributed by atoms with E-state index in [1.165, 1.54) is 18.4 Å². The van der Waals surface area contributed by atoms with Gasteiger partial charge in [0, 0.05) is 0 Å². The molecule has 0 saturated heterocycles. The van der Waals surface area contributed by atoms with Crippen LogP contribution in [0.15, 0.2) is 15.7 Å². The Labute approximate surface area is 85.9 Å². The van der Waals surface area contributed by atoms with Gasteiger partial charge in [0.25, 0.3) is 0 Å². The Kier molecular flexibility index (Phi) is 2.98. The van der Waals surface area contributed by atoms with Crippen LogP contribution in [-0.2, 0) is 15.6 Å². The van der Waals surface area contributed by atoms with Gasteiger partial charge < -0.3 is 10.2 Å². The topological polar surface area (TPSA) is 101 Å². The van der Waals surface area contributed by atoms with Crippen LogP contribution in [0.25, 0.3) is 0 Å². The number of rotatable bonds is 3. The first-order valence-corrected chi connectivity index (χ1v) is 6.15. The summed E-state index contributed by atoms with van der Waals surface area (Å²) in [6.45, 7) is 0.912. The van der Waals surface area contributed by atoms with Gasteiger partial charge in [-0.05, 0) is 23.9 Å². The summed E-state index contributed by atoms with van der Waals surface area (Å²) in [5.74, 6) is 0. The Morgan fingerprint density at radius 3 is 2.57 bits per heavy atom. The molecule has 0 amide bonds. The molecular formula is C7H11NO4S2. The number of primary sulfonamides is 1. The highest BCUT2D eigenvalue weighted by Crippen LogP contribution is 2.27. The van der Waals surface area contributed by atoms with Gasteiger partial charge in [0.1, 0.15) is 9.81 Å². The number of thiophene rings is 1. The lowest BCUT2D eigenvalue weighted by molar-refractivity contribution is -0.00203. The molecule has 80 valence electrons. The molecule has 5 nitrogen and oxygen atoms in total. The van der Waals surface area contributed by atoms with E-state index in [9.17, 15) is 13.5 Å². The van der Waals surface area contributed by atoms with Crippen molar-refractivity contribution in [2.24, 2.45) is 5.14 Å². The maximum atomic E-state index is 10.9. The lowest BCUT2D eigenvalue weighted by Gasteiger charge is -2.18. The summed E-state index contributed by atoms with van der Waals surface area (Å²) in [5.41, 5.74) is -1.09. The van der Waals surface area contributed by atoms with Crippen LogP contribution in [0.5, 0.6) is 0 Å². The Hall–Kier alpha value is -0.470. The van der Waals surface area contributed by atoms with Crippen molar-refractivity contribution in [1.82, 2.24) is 0 Å². The molecule has 0 radical (unpaired) electrons. The van der Waals surface area contributed by atoms with Crippen LogP contribution in [0.1, 0.15) is 12.5 Å². The smallest absolute Gasteiger partial charge is 0.247 e. The second kappa shape index (κ2) is 3.59. The molecule has 1 heterocycles. The van der Waals surface area contributed by atoms with E-state index in [2.05, 4.69) is 0 Å². The van der Waals surface area contributed by atoms with Crippen LogP contribution in [0.4, 0.5) is 0 Å². The number of hydrogen-bond donors (Lipinski definition) is 3. The third-order valence-electron chi connectivity index (χ3n) is 1.79. The van der Waals surface area contributed by atoms with Gasteiger partial charge >= 0.3 is 0 Å². The van der Waals surface area contributed by atoms with Crippen molar-refractivity contribution in [3.8, 4) is 0 Å². The van der Waals surface area contributed by atoms with Crippen molar-refractivity contribution in [1.29, 1.82) is 0 Å². The van der Waals surface area contributed by atoms with E-state index in [0.717, 1.165) is 11.3 Å². The van der Waals surface area contributed by atoms with Gasteiger partial charge in [-0.25, -0.2) is 13.6 Å². The molecule has 0 spiro atoms. The molecule has 1 rings (SSSR count). The molecule has 0 unspecified atom stereocenters. The van der Waals surface area contributed by atoms with Gasteiger partial charge in [-0.1, -0.05) is 0 Å². The van der Waals surface area contributed by atoms with E-state index in [1.54, 1.807) is 0 Å². The highest BCUT2D eigenvalue weighted by molar-refractivity contribution is 7.91. The molecule has 0 aliphatic rings. The van der Waals surface area contributed by atoms with Crippen molar-refractivity contribution in [3.05, 3.63) is 17.0 Å². The average Bonchev–Trinajstić information content (AvgIpc) is 2.51. The van der Waals surface area contributed by atoms with Crippen LogP contribution in [-0.4, -0.2) is 25.2 Å². The molecule has 0 fully saturated rings. The summed E-state index contributed by atoms with van der Waals surface area (Å²) in [5, 5.41) is 24.8. The van der Waals surface area contributed by atoms with Crippen LogP contribution in [0.2, 0.25) is 0 Å². The summed E-state index contributed by atoms with van der Waals surface area (Å²) < 4.78 is 21.8. The Morgan fingerprint density at radius 2 is 2.21 bits per heavy atom. The molecule has 0 aliphatic carbocycles. The van der Waals surface area contributed by atoms with Crippen LogP contribution < -0.4 is 5.14 Å². The molecule has 0 saturated carbocycles. The number of aliphatic hydroxyl groups excluding tert-OH is 1. The van der Waals surface area contributed by atoms with Gasteiger partial charge in [-0.15, -0.1) is 11.3 Å². The maximum Gasteiger partial charge on any atom is 0.247 e. The van der Waals surface area contributed by atoms with E-state index in [1.807, 2.05) is 0 Å². The van der Waals surface area contributed by atoms with Gasteiger partial charge in [-0.3, -0.25) is 0 Å². The largest absolute Gasteiger partial charge is 0.393 e. The fraction of sp³-hybridized carbons (Fsp3) is 0.429. The Morgan fingerprint density at radius 1 is 1.64 bits per heavy atom. The van der Waals surface area contributed by atoms with Crippen molar-refractivity contribution >= 4 is 21.4 Å². The molecular weight excluding hydrogens is 226 g/mol. The summed E-state index contributed by atoms with van der Waals surface area (Å²) >= 11 is 0.915. The zero-order valence-corrected chi connectivity index (χ0v) is 9.10. The highest BCUT2D eigenvalue weighted by Gasteiger charge is 2.25. The summed E-state index contributed by atoms with van der Waals surface area (Å²) in [7, 11) is -3.72. The normalized spacial score (nSPS) is 16.6. The van der Waals surface area contributed by atoms with E-state index in [4.69, 9.17) is 10.2 Å². The molecule has 0 aliphatic heterocycles. The van der Waals surface area contributed by atoms with Crippen LogP contribution >= 0.6 is 11.3 Å². The minimum atomic E-state index is -3.72. The van der Waals surface area contributed by atoms with Gasteiger partial charge in [-0.2, -0.15) is 0 Å². The third-order valence-corrected chi connectivity index (χ3v) is 4.17. The Balaban J connectivity index is 3.13. The lowest BCUT2D eigenvalue weighted by Crippen LogP contribution is -2.25.